The van der Waals surface area contributed by atoms with Gasteiger partial charge >= 0.3 is 0 Å². The molecule has 4 aromatic rings. The highest BCUT2D eigenvalue weighted by Gasteiger charge is 2.21. The lowest BCUT2D eigenvalue weighted by atomic mass is 10.1. The van der Waals surface area contributed by atoms with Crippen molar-refractivity contribution >= 4 is 34.1 Å². The zero-order valence-electron chi connectivity index (χ0n) is 18.1. The summed E-state index contributed by atoms with van der Waals surface area (Å²) in [6.07, 6.45) is 1.83. The molecule has 0 unspecified atom stereocenters. The number of ether oxygens (including phenoxy) is 2. The zero-order valence-corrected chi connectivity index (χ0v) is 18.9. The highest BCUT2D eigenvalue weighted by molar-refractivity contribution is 7.99. The fraction of sp³-hybridized carbons (Fsp3) is 0.273. The van der Waals surface area contributed by atoms with Crippen LogP contribution in [0.1, 0.15) is 0 Å². The van der Waals surface area contributed by atoms with Crippen LogP contribution in [0, 0.1) is 0 Å². The number of nitrogens with zero attached hydrogens (tertiary/aromatic N) is 5. The zero-order chi connectivity index (χ0) is 22.5. The molecule has 32 heavy (non-hydrogen) atoms. The molecule has 0 spiro atoms. The van der Waals surface area contributed by atoms with Crippen LogP contribution in [0.4, 0.5) is 5.69 Å². The van der Waals surface area contributed by atoms with Crippen molar-refractivity contribution < 1.29 is 14.3 Å². The first-order valence-corrected chi connectivity index (χ1v) is 11.0. The normalized spacial score (nSPS) is 11.1. The van der Waals surface area contributed by atoms with E-state index >= 15 is 0 Å². The van der Waals surface area contributed by atoms with E-state index < -0.39 is 0 Å². The number of nitrogens with one attached hydrogen (secondary N) is 1. The lowest BCUT2D eigenvalue weighted by molar-refractivity contribution is -0.113. The Morgan fingerprint density at radius 1 is 1.12 bits per heavy atom. The average molecular weight is 453 g/mol. The van der Waals surface area contributed by atoms with Gasteiger partial charge in [0.2, 0.25) is 11.8 Å². The Morgan fingerprint density at radius 3 is 2.75 bits per heavy atom. The largest absolute Gasteiger partial charge is 0.479 e. The second-order valence-corrected chi connectivity index (χ2v) is 7.98. The number of aryl methyl sites for hydroxylation is 1. The van der Waals surface area contributed by atoms with Crippen molar-refractivity contribution in [2.45, 2.75) is 11.7 Å². The molecule has 2 aromatic heterocycles. The summed E-state index contributed by atoms with van der Waals surface area (Å²) >= 11 is 1.32. The van der Waals surface area contributed by atoms with Crippen molar-refractivity contribution in [3.8, 4) is 17.3 Å². The van der Waals surface area contributed by atoms with E-state index in [0.29, 0.717) is 30.0 Å². The molecule has 0 atom stereocenters. The van der Waals surface area contributed by atoms with Gasteiger partial charge in [0, 0.05) is 31.4 Å². The number of rotatable bonds is 9. The summed E-state index contributed by atoms with van der Waals surface area (Å²) in [7, 11) is 5.02. The maximum atomic E-state index is 12.7. The van der Waals surface area contributed by atoms with E-state index in [4.69, 9.17) is 9.47 Å². The number of benzene rings is 2. The number of anilines is 1. The maximum Gasteiger partial charge on any atom is 0.243 e. The highest BCUT2D eigenvalue weighted by Crippen LogP contribution is 2.30. The molecule has 1 N–H and O–H groups in total. The Kier molecular flexibility index (Phi) is 6.72. The summed E-state index contributed by atoms with van der Waals surface area (Å²) in [5, 5.41) is 18.6. The van der Waals surface area contributed by atoms with Gasteiger partial charge in [-0.15, -0.1) is 15.3 Å². The maximum absolute atomic E-state index is 12.7. The number of carbonyl (C=O) groups is 1. The minimum Gasteiger partial charge on any atom is -0.479 e. The number of amides is 1. The molecule has 166 valence electrons. The second kappa shape index (κ2) is 9.84. The van der Waals surface area contributed by atoms with Crippen LogP contribution in [0.15, 0.2) is 53.8 Å². The van der Waals surface area contributed by atoms with E-state index in [9.17, 15) is 4.79 Å². The lowest BCUT2D eigenvalue weighted by Crippen LogP contribution is -2.15. The van der Waals surface area contributed by atoms with Crippen molar-refractivity contribution in [3.63, 3.8) is 0 Å². The average Bonchev–Trinajstić information content (AvgIpc) is 3.38. The third-order valence-corrected chi connectivity index (χ3v) is 5.83. The SMILES string of the molecule is COCCn1c(SCC(=O)Nc2cccc3ccccc23)nnc1-c1cn(C)nc1OC. The summed E-state index contributed by atoms with van der Waals surface area (Å²) < 4.78 is 14.2. The Balaban J connectivity index is 1.52. The Morgan fingerprint density at radius 2 is 1.94 bits per heavy atom. The van der Waals surface area contributed by atoms with Crippen molar-refractivity contribution in [1.82, 2.24) is 24.5 Å². The molecule has 0 aliphatic heterocycles. The van der Waals surface area contributed by atoms with Crippen LogP contribution in [0.25, 0.3) is 22.2 Å². The van der Waals surface area contributed by atoms with E-state index in [0.717, 1.165) is 22.0 Å². The van der Waals surface area contributed by atoms with Crippen LogP contribution in [-0.2, 0) is 23.1 Å². The molecule has 10 heteroatoms. The number of carbonyl (C=O) groups excluding carboxylic acids is 1. The van der Waals surface area contributed by atoms with Gasteiger partial charge in [-0.1, -0.05) is 48.2 Å². The molecule has 4 rings (SSSR count). The first-order valence-electron chi connectivity index (χ1n) is 10.0. The number of hydrogen-bond acceptors (Lipinski definition) is 7. The molecule has 2 aromatic carbocycles. The Bertz CT molecular complexity index is 1230. The molecule has 0 fully saturated rings. The van der Waals surface area contributed by atoms with Gasteiger partial charge in [0.1, 0.15) is 5.56 Å². The summed E-state index contributed by atoms with van der Waals surface area (Å²) in [4.78, 5) is 12.7. The molecule has 1 amide bonds. The van der Waals surface area contributed by atoms with Crippen LogP contribution in [0.3, 0.4) is 0 Å². The summed E-state index contributed by atoms with van der Waals surface area (Å²) in [5.74, 6) is 1.15. The smallest absolute Gasteiger partial charge is 0.243 e. The minimum atomic E-state index is -0.117. The summed E-state index contributed by atoms with van der Waals surface area (Å²) in [6, 6.07) is 13.8. The van der Waals surface area contributed by atoms with Gasteiger partial charge in [-0.2, -0.15) is 0 Å². The molecule has 0 aliphatic rings. The molecular weight excluding hydrogens is 428 g/mol. The number of aromatic nitrogens is 5. The van der Waals surface area contributed by atoms with Crippen molar-refractivity contribution in [2.75, 3.05) is 31.9 Å². The van der Waals surface area contributed by atoms with E-state index in [1.54, 1.807) is 18.9 Å². The quantitative estimate of drug-likeness (QED) is 0.390. The molecule has 2 heterocycles. The van der Waals surface area contributed by atoms with Gasteiger partial charge in [0.15, 0.2) is 11.0 Å². The predicted molar refractivity (Wildman–Crippen MR) is 124 cm³/mol. The summed E-state index contributed by atoms with van der Waals surface area (Å²) in [6.45, 7) is 1.01. The third-order valence-electron chi connectivity index (χ3n) is 4.86. The van der Waals surface area contributed by atoms with E-state index in [1.165, 1.54) is 11.8 Å². The number of hydrogen-bond donors (Lipinski definition) is 1. The predicted octanol–water partition coefficient (Wildman–Crippen LogP) is 3.22. The molecule has 0 radical (unpaired) electrons. The number of fused-ring (bicyclic) bond motifs is 1. The van der Waals surface area contributed by atoms with E-state index in [1.807, 2.05) is 60.3 Å². The van der Waals surface area contributed by atoms with Gasteiger partial charge < -0.3 is 14.8 Å². The standard InChI is InChI=1S/C22H24N6O3S/c1-27-13-17(21(26-27)31-3)20-24-25-22(28(20)11-12-30-2)32-14-19(29)23-18-10-6-8-15-7-4-5-9-16(15)18/h4-10,13H,11-12,14H2,1-3H3,(H,23,29). The van der Waals surface area contributed by atoms with Gasteiger partial charge in [-0.05, 0) is 11.5 Å². The molecule has 0 aliphatic carbocycles. The fourth-order valence-electron chi connectivity index (χ4n) is 3.40. The van der Waals surface area contributed by atoms with Crippen LogP contribution >= 0.6 is 11.8 Å². The van der Waals surface area contributed by atoms with Crippen molar-refractivity contribution in [1.29, 1.82) is 0 Å². The fourth-order valence-corrected chi connectivity index (χ4v) is 4.17. The van der Waals surface area contributed by atoms with Gasteiger partial charge in [0.05, 0.1) is 26.0 Å². The Labute approximate surface area is 189 Å². The van der Waals surface area contributed by atoms with Gasteiger partial charge in [-0.3, -0.25) is 14.0 Å². The number of thioether (sulfide) groups is 1. The topological polar surface area (TPSA) is 96.1 Å². The monoisotopic (exact) mass is 452 g/mol. The highest BCUT2D eigenvalue weighted by atomic mass is 32.2. The molecule has 0 bridgehead atoms. The first-order chi connectivity index (χ1) is 15.6. The van der Waals surface area contributed by atoms with Crippen molar-refractivity contribution in [2.24, 2.45) is 7.05 Å². The van der Waals surface area contributed by atoms with Gasteiger partial charge in [0.25, 0.3) is 0 Å². The molecule has 0 saturated heterocycles. The van der Waals surface area contributed by atoms with E-state index in [-0.39, 0.29) is 11.7 Å². The second-order valence-electron chi connectivity index (χ2n) is 7.04. The molecule has 0 saturated carbocycles. The van der Waals surface area contributed by atoms with E-state index in [2.05, 4.69) is 20.6 Å². The molecular formula is C22H24N6O3S. The minimum absolute atomic E-state index is 0.117. The number of methoxy groups -OCH3 is 2. The molecule has 9 nitrogen and oxygen atoms in total. The first kappa shape index (κ1) is 21.8. The van der Waals surface area contributed by atoms with Crippen LogP contribution in [-0.4, -0.2) is 57.0 Å². The van der Waals surface area contributed by atoms with Crippen LogP contribution < -0.4 is 10.1 Å². The van der Waals surface area contributed by atoms with Crippen LogP contribution in [0.5, 0.6) is 5.88 Å². The Hall–Kier alpha value is -3.37. The van der Waals surface area contributed by atoms with Crippen LogP contribution in [0.2, 0.25) is 0 Å². The lowest BCUT2D eigenvalue weighted by Gasteiger charge is -2.10. The summed E-state index contributed by atoms with van der Waals surface area (Å²) in [5.41, 5.74) is 1.51. The van der Waals surface area contributed by atoms with Crippen molar-refractivity contribution in [3.05, 3.63) is 48.7 Å². The third kappa shape index (κ3) is 4.61. The van der Waals surface area contributed by atoms with Gasteiger partial charge in [-0.25, -0.2) is 0 Å².